The maximum Gasteiger partial charge on any atom is 0.303 e. The molecule has 1 N–H and O–H groups in total. The highest BCUT2D eigenvalue weighted by atomic mass is 35.5. The van der Waals surface area contributed by atoms with Gasteiger partial charge in [0.25, 0.3) is 5.91 Å². The number of carbonyl (C=O) groups excluding carboxylic acids is 1. The third kappa shape index (κ3) is 4.21. The summed E-state index contributed by atoms with van der Waals surface area (Å²) in [5.41, 5.74) is 1.59. The minimum atomic E-state index is -0.747. The number of rotatable bonds is 4. The molecule has 21 heavy (non-hydrogen) atoms. The van der Waals surface area contributed by atoms with Crippen LogP contribution in [-0.2, 0) is 4.79 Å². The second-order valence-corrected chi connectivity index (χ2v) is 6.06. The number of piperidine rings is 1. The first kappa shape index (κ1) is 15.8. The predicted molar refractivity (Wildman–Crippen MR) is 81.7 cm³/mol. The van der Waals surface area contributed by atoms with Gasteiger partial charge in [-0.05, 0) is 49.8 Å². The Hall–Kier alpha value is -1.55. The number of carboxylic acid groups (broad SMARTS) is 1. The zero-order valence-corrected chi connectivity index (χ0v) is 12.9. The van der Waals surface area contributed by atoms with E-state index in [4.69, 9.17) is 16.7 Å². The van der Waals surface area contributed by atoms with Gasteiger partial charge >= 0.3 is 5.97 Å². The van der Waals surface area contributed by atoms with E-state index in [1.54, 1.807) is 12.1 Å². The molecular weight excluding hydrogens is 290 g/mol. The lowest BCUT2D eigenvalue weighted by Crippen LogP contribution is -2.38. The van der Waals surface area contributed by atoms with Gasteiger partial charge in [-0.2, -0.15) is 0 Å². The number of benzene rings is 1. The molecule has 1 aromatic carbocycles. The predicted octanol–water partition coefficient (Wildman–Crippen LogP) is 3.37. The van der Waals surface area contributed by atoms with Crippen LogP contribution in [0.5, 0.6) is 0 Å². The quantitative estimate of drug-likeness (QED) is 0.927. The molecule has 0 unspecified atom stereocenters. The standard InChI is InChI=1S/C16H20ClNO3/c1-11-2-4-13(17)10-14(11)16(21)18-8-6-12(7-9-18)3-5-15(19)20/h2,4,10,12H,3,5-9H2,1H3,(H,19,20). The number of carboxylic acids is 1. The fourth-order valence-corrected chi connectivity index (χ4v) is 2.92. The van der Waals surface area contributed by atoms with Crippen molar-refractivity contribution >= 4 is 23.5 Å². The maximum absolute atomic E-state index is 12.5. The van der Waals surface area contributed by atoms with E-state index < -0.39 is 5.97 Å². The van der Waals surface area contributed by atoms with Gasteiger partial charge in [0, 0.05) is 30.1 Å². The molecule has 1 amide bonds. The Balaban J connectivity index is 1.94. The van der Waals surface area contributed by atoms with Crippen molar-refractivity contribution in [1.29, 1.82) is 0 Å². The van der Waals surface area contributed by atoms with E-state index in [2.05, 4.69) is 0 Å². The third-order valence-corrected chi connectivity index (χ3v) is 4.33. The zero-order chi connectivity index (χ0) is 15.4. The summed E-state index contributed by atoms with van der Waals surface area (Å²) in [6, 6.07) is 5.36. The fraction of sp³-hybridized carbons (Fsp3) is 0.500. The van der Waals surface area contributed by atoms with Gasteiger partial charge in [0.2, 0.25) is 0 Å². The van der Waals surface area contributed by atoms with Gasteiger partial charge in [-0.15, -0.1) is 0 Å². The second kappa shape index (κ2) is 6.94. The van der Waals surface area contributed by atoms with Crippen molar-refractivity contribution in [2.24, 2.45) is 5.92 Å². The van der Waals surface area contributed by atoms with Gasteiger partial charge < -0.3 is 10.0 Å². The van der Waals surface area contributed by atoms with E-state index in [9.17, 15) is 9.59 Å². The molecule has 1 aliphatic heterocycles. The van der Waals surface area contributed by atoms with E-state index in [0.717, 1.165) is 18.4 Å². The molecule has 0 radical (unpaired) electrons. The number of likely N-dealkylation sites (tertiary alicyclic amines) is 1. The van der Waals surface area contributed by atoms with E-state index in [1.165, 1.54) is 0 Å². The molecule has 1 saturated heterocycles. The van der Waals surface area contributed by atoms with Crippen LogP contribution < -0.4 is 0 Å². The lowest BCUT2D eigenvalue weighted by Gasteiger charge is -2.32. The number of halogens is 1. The Morgan fingerprint density at radius 3 is 2.62 bits per heavy atom. The third-order valence-electron chi connectivity index (χ3n) is 4.10. The number of aliphatic carboxylic acids is 1. The fourth-order valence-electron chi connectivity index (χ4n) is 2.75. The molecule has 0 saturated carbocycles. The first-order valence-electron chi connectivity index (χ1n) is 7.24. The lowest BCUT2D eigenvalue weighted by atomic mass is 9.91. The molecule has 1 aromatic rings. The van der Waals surface area contributed by atoms with Crippen molar-refractivity contribution < 1.29 is 14.7 Å². The van der Waals surface area contributed by atoms with E-state index >= 15 is 0 Å². The molecule has 0 bridgehead atoms. The topological polar surface area (TPSA) is 57.6 Å². The summed E-state index contributed by atoms with van der Waals surface area (Å²) in [5.74, 6) is -0.319. The van der Waals surface area contributed by atoms with Crippen LogP contribution in [0, 0.1) is 12.8 Å². The normalized spacial score (nSPS) is 16.0. The molecule has 1 aliphatic rings. The maximum atomic E-state index is 12.5. The first-order valence-corrected chi connectivity index (χ1v) is 7.62. The zero-order valence-electron chi connectivity index (χ0n) is 12.1. The molecule has 0 aromatic heterocycles. The number of nitrogens with zero attached hydrogens (tertiary/aromatic N) is 1. The minimum Gasteiger partial charge on any atom is -0.481 e. The SMILES string of the molecule is Cc1ccc(Cl)cc1C(=O)N1CCC(CCC(=O)O)CC1. The lowest BCUT2D eigenvalue weighted by molar-refractivity contribution is -0.137. The van der Waals surface area contributed by atoms with E-state index in [-0.39, 0.29) is 12.3 Å². The van der Waals surface area contributed by atoms with Gasteiger partial charge in [-0.25, -0.2) is 0 Å². The van der Waals surface area contributed by atoms with Gasteiger partial charge in [0.15, 0.2) is 0 Å². The van der Waals surface area contributed by atoms with Crippen LogP contribution in [0.25, 0.3) is 0 Å². The summed E-state index contributed by atoms with van der Waals surface area (Å²) in [6.07, 6.45) is 2.66. The summed E-state index contributed by atoms with van der Waals surface area (Å²) in [6.45, 7) is 3.29. The summed E-state index contributed by atoms with van der Waals surface area (Å²) in [4.78, 5) is 25.0. The molecule has 1 heterocycles. The van der Waals surface area contributed by atoms with E-state index in [1.807, 2.05) is 17.9 Å². The number of carbonyl (C=O) groups is 2. The Kier molecular flexibility index (Phi) is 5.23. The van der Waals surface area contributed by atoms with Crippen molar-refractivity contribution in [3.63, 3.8) is 0 Å². The van der Waals surface area contributed by atoms with Crippen molar-refractivity contribution in [3.8, 4) is 0 Å². The van der Waals surface area contributed by atoms with Crippen LogP contribution >= 0.6 is 11.6 Å². The first-order chi connectivity index (χ1) is 9.97. The monoisotopic (exact) mass is 309 g/mol. The molecule has 0 atom stereocenters. The average Bonchev–Trinajstić information content (AvgIpc) is 2.47. The minimum absolute atomic E-state index is 0.0201. The largest absolute Gasteiger partial charge is 0.481 e. The van der Waals surface area contributed by atoms with Crippen molar-refractivity contribution in [2.75, 3.05) is 13.1 Å². The highest BCUT2D eigenvalue weighted by Crippen LogP contribution is 2.24. The molecule has 5 heteroatoms. The van der Waals surface area contributed by atoms with E-state index in [0.29, 0.717) is 36.0 Å². The molecular formula is C16H20ClNO3. The van der Waals surface area contributed by atoms with Crippen LogP contribution in [0.1, 0.15) is 41.6 Å². The number of hydrogen-bond acceptors (Lipinski definition) is 2. The molecule has 2 rings (SSSR count). The Labute approximate surface area is 129 Å². The molecule has 4 nitrogen and oxygen atoms in total. The van der Waals surface area contributed by atoms with Crippen LogP contribution in [0.15, 0.2) is 18.2 Å². The van der Waals surface area contributed by atoms with Gasteiger partial charge in [-0.1, -0.05) is 17.7 Å². The van der Waals surface area contributed by atoms with Gasteiger partial charge in [0.1, 0.15) is 0 Å². The molecule has 114 valence electrons. The summed E-state index contributed by atoms with van der Waals surface area (Å²) in [7, 11) is 0. The highest BCUT2D eigenvalue weighted by Gasteiger charge is 2.24. The number of amides is 1. The summed E-state index contributed by atoms with van der Waals surface area (Å²) >= 11 is 5.97. The Morgan fingerprint density at radius 1 is 1.33 bits per heavy atom. The van der Waals surface area contributed by atoms with Crippen molar-refractivity contribution in [3.05, 3.63) is 34.3 Å². The number of aryl methyl sites for hydroxylation is 1. The Morgan fingerprint density at radius 2 is 2.00 bits per heavy atom. The van der Waals surface area contributed by atoms with Crippen molar-refractivity contribution in [2.45, 2.75) is 32.6 Å². The smallest absolute Gasteiger partial charge is 0.303 e. The Bertz CT molecular complexity index is 536. The van der Waals surface area contributed by atoms with Crippen LogP contribution in [0.3, 0.4) is 0 Å². The second-order valence-electron chi connectivity index (χ2n) is 5.63. The van der Waals surface area contributed by atoms with Gasteiger partial charge in [-0.3, -0.25) is 9.59 Å². The van der Waals surface area contributed by atoms with Crippen LogP contribution in [0.4, 0.5) is 0 Å². The summed E-state index contributed by atoms with van der Waals surface area (Å²) < 4.78 is 0. The molecule has 1 fully saturated rings. The van der Waals surface area contributed by atoms with Gasteiger partial charge in [0.05, 0.1) is 0 Å². The van der Waals surface area contributed by atoms with Crippen LogP contribution in [0.2, 0.25) is 5.02 Å². The van der Waals surface area contributed by atoms with Crippen molar-refractivity contribution in [1.82, 2.24) is 4.90 Å². The molecule has 0 spiro atoms. The highest BCUT2D eigenvalue weighted by molar-refractivity contribution is 6.31. The summed E-state index contributed by atoms with van der Waals surface area (Å²) in [5, 5.41) is 9.28. The number of hydrogen-bond donors (Lipinski definition) is 1. The molecule has 0 aliphatic carbocycles. The average molecular weight is 310 g/mol. The van der Waals surface area contributed by atoms with Crippen LogP contribution in [-0.4, -0.2) is 35.0 Å².